The summed E-state index contributed by atoms with van der Waals surface area (Å²) in [5.74, 6) is 1.14. The van der Waals surface area contributed by atoms with Gasteiger partial charge >= 0.3 is 0 Å². The minimum Gasteiger partial charge on any atom is -0.493 e. The summed E-state index contributed by atoms with van der Waals surface area (Å²) in [6.07, 6.45) is 0. The van der Waals surface area contributed by atoms with Crippen molar-refractivity contribution in [1.82, 2.24) is 5.32 Å². The monoisotopic (exact) mass is 250 g/mol. The number of carbonyl (C=O) groups excluding carboxylic acids is 1. The highest BCUT2D eigenvalue weighted by molar-refractivity contribution is 5.97. The van der Waals surface area contributed by atoms with E-state index in [4.69, 9.17) is 9.47 Å². The fourth-order valence-electron chi connectivity index (χ4n) is 1.92. The minimum atomic E-state index is -0.339. The van der Waals surface area contributed by atoms with Crippen molar-refractivity contribution in [1.29, 1.82) is 0 Å². The summed E-state index contributed by atoms with van der Waals surface area (Å²) in [7, 11) is 3.13. The Labute approximate surface area is 106 Å². The minimum absolute atomic E-state index is 0.00666. The molecule has 0 unspecified atom stereocenters. The summed E-state index contributed by atoms with van der Waals surface area (Å²) in [5.41, 5.74) is 0.295. The van der Waals surface area contributed by atoms with E-state index in [1.165, 1.54) is 0 Å². The first-order chi connectivity index (χ1) is 8.60. The Hall–Kier alpha value is -1.75. The molecule has 1 heterocycles. The molecule has 0 saturated carbocycles. The normalized spacial score (nSPS) is 16.6. The third-order valence-corrected chi connectivity index (χ3v) is 3.23. The van der Waals surface area contributed by atoms with Crippen LogP contribution in [0.3, 0.4) is 0 Å². The average molecular weight is 250 g/mol. The Kier molecular flexibility index (Phi) is 3.43. The molecule has 1 aromatic carbocycles. The lowest BCUT2D eigenvalue weighted by molar-refractivity contribution is -0.127. The second kappa shape index (κ2) is 4.86. The molecule has 1 aliphatic heterocycles. The van der Waals surface area contributed by atoms with Gasteiger partial charge in [0.25, 0.3) is 0 Å². The topological polar surface area (TPSA) is 59.6 Å². The maximum atomic E-state index is 12.1. The maximum absolute atomic E-state index is 12.1. The van der Waals surface area contributed by atoms with Crippen LogP contribution >= 0.6 is 0 Å². The van der Waals surface area contributed by atoms with Crippen molar-refractivity contribution in [3.8, 4) is 11.5 Å². The van der Waals surface area contributed by atoms with Gasteiger partial charge in [-0.05, 0) is 19.1 Å². The van der Waals surface area contributed by atoms with Gasteiger partial charge in [-0.25, -0.2) is 0 Å². The fourth-order valence-corrected chi connectivity index (χ4v) is 1.92. The summed E-state index contributed by atoms with van der Waals surface area (Å²) in [4.78, 5) is 12.1. The molecule has 1 saturated heterocycles. The molecule has 2 rings (SSSR count). The van der Waals surface area contributed by atoms with E-state index in [1.54, 1.807) is 26.4 Å². The smallest absolute Gasteiger partial charge is 0.232 e. The van der Waals surface area contributed by atoms with Gasteiger partial charge in [-0.2, -0.15) is 0 Å². The van der Waals surface area contributed by atoms with Crippen molar-refractivity contribution in [2.75, 3.05) is 32.6 Å². The number of methoxy groups -OCH3 is 2. The van der Waals surface area contributed by atoms with Gasteiger partial charge in [-0.1, -0.05) is 6.07 Å². The molecule has 0 spiro atoms. The molecule has 1 aliphatic rings. The number of carbonyl (C=O) groups is 1. The van der Waals surface area contributed by atoms with E-state index < -0.39 is 0 Å². The van der Waals surface area contributed by atoms with Gasteiger partial charge in [0, 0.05) is 13.1 Å². The highest BCUT2D eigenvalue weighted by Crippen LogP contribution is 2.36. The summed E-state index contributed by atoms with van der Waals surface area (Å²) in [6, 6.07) is 5.41. The van der Waals surface area contributed by atoms with E-state index in [1.807, 2.05) is 13.0 Å². The van der Waals surface area contributed by atoms with Crippen LogP contribution in [0.15, 0.2) is 18.2 Å². The molecule has 0 aliphatic carbocycles. The first-order valence-electron chi connectivity index (χ1n) is 5.84. The second-order valence-corrected chi connectivity index (χ2v) is 4.66. The van der Waals surface area contributed by atoms with Crippen molar-refractivity contribution in [2.24, 2.45) is 5.41 Å². The molecule has 1 fully saturated rings. The third-order valence-electron chi connectivity index (χ3n) is 3.23. The summed E-state index contributed by atoms with van der Waals surface area (Å²) in [6.45, 7) is 3.34. The zero-order valence-corrected chi connectivity index (χ0v) is 10.9. The van der Waals surface area contributed by atoms with Crippen molar-refractivity contribution >= 4 is 11.6 Å². The molecule has 0 atom stereocenters. The fraction of sp³-hybridized carbons (Fsp3) is 0.462. The van der Waals surface area contributed by atoms with E-state index >= 15 is 0 Å². The number of ether oxygens (including phenoxy) is 2. The van der Waals surface area contributed by atoms with Gasteiger partial charge in [0.15, 0.2) is 11.5 Å². The number of amides is 1. The van der Waals surface area contributed by atoms with Crippen molar-refractivity contribution in [3.05, 3.63) is 18.2 Å². The van der Waals surface area contributed by atoms with E-state index in [0.29, 0.717) is 30.3 Å². The molecule has 0 bridgehead atoms. The molecule has 2 N–H and O–H groups in total. The summed E-state index contributed by atoms with van der Waals surface area (Å²) in [5, 5.41) is 6.00. The van der Waals surface area contributed by atoms with Crippen LogP contribution in [0.1, 0.15) is 6.92 Å². The Morgan fingerprint density at radius 2 is 2.06 bits per heavy atom. The maximum Gasteiger partial charge on any atom is 0.232 e. The zero-order chi connectivity index (χ0) is 13.2. The number of rotatable bonds is 4. The van der Waals surface area contributed by atoms with Crippen LogP contribution in [0.25, 0.3) is 0 Å². The summed E-state index contributed by atoms with van der Waals surface area (Å²) < 4.78 is 10.5. The SMILES string of the molecule is COc1cccc(NC(=O)C2(C)CNC2)c1OC. The second-order valence-electron chi connectivity index (χ2n) is 4.66. The van der Waals surface area contributed by atoms with E-state index in [0.717, 1.165) is 0 Å². The zero-order valence-electron chi connectivity index (χ0n) is 10.9. The summed E-state index contributed by atoms with van der Waals surface area (Å²) >= 11 is 0. The van der Waals surface area contributed by atoms with Crippen LogP contribution in [0.5, 0.6) is 11.5 Å². The number of anilines is 1. The molecule has 98 valence electrons. The van der Waals surface area contributed by atoms with Gasteiger partial charge in [0.1, 0.15) is 0 Å². The molecule has 1 amide bonds. The van der Waals surface area contributed by atoms with Gasteiger partial charge < -0.3 is 20.1 Å². The van der Waals surface area contributed by atoms with Crippen LogP contribution in [0, 0.1) is 5.41 Å². The number of nitrogens with one attached hydrogen (secondary N) is 2. The molecular weight excluding hydrogens is 232 g/mol. The molecule has 18 heavy (non-hydrogen) atoms. The highest BCUT2D eigenvalue weighted by Gasteiger charge is 2.39. The molecule has 5 heteroatoms. The predicted molar refractivity (Wildman–Crippen MR) is 69.2 cm³/mol. The predicted octanol–water partition coefficient (Wildman–Crippen LogP) is 1.25. The first kappa shape index (κ1) is 12.7. The van der Waals surface area contributed by atoms with Crippen LogP contribution in [0.2, 0.25) is 0 Å². The molecule has 0 aromatic heterocycles. The lowest BCUT2D eigenvalue weighted by atomic mass is 9.83. The first-order valence-corrected chi connectivity index (χ1v) is 5.84. The van der Waals surface area contributed by atoms with Crippen LogP contribution in [-0.4, -0.2) is 33.2 Å². The number of benzene rings is 1. The highest BCUT2D eigenvalue weighted by atomic mass is 16.5. The van der Waals surface area contributed by atoms with Crippen molar-refractivity contribution < 1.29 is 14.3 Å². The number of hydrogen-bond acceptors (Lipinski definition) is 4. The lowest BCUT2D eigenvalue weighted by Crippen LogP contribution is -2.58. The van der Waals surface area contributed by atoms with Gasteiger partial charge in [0.05, 0.1) is 25.3 Å². The lowest BCUT2D eigenvalue weighted by Gasteiger charge is -2.37. The number of para-hydroxylation sites is 1. The van der Waals surface area contributed by atoms with Gasteiger partial charge in [-0.15, -0.1) is 0 Å². The van der Waals surface area contributed by atoms with E-state index in [9.17, 15) is 4.79 Å². The Balaban J connectivity index is 2.21. The Morgan fingerprint density at radius 1 is 1.33 bits per heavy atom. The van der Waals surface area contributed by atoms with Crippen molar-refractivity contribution in [3.63, 3.8) is 0 Å². The Bertz CT molecular complexity index is 456. The molecule has 5 nitrogen and oxygen atoms in total. The molecular formula is C13H18N2O3. The van der Waals surface area contributed by atoms with Gasteiger partial charge in [0.2, 0.25) is 5.91 Å². The Morgan fingerprint density at radius 3 is 2.56 bits per heavy atom. The van der Waals surface area contributed by atoms with Crippen molar-refractivity contribution in [2.45, 2.75) is 6.92 Å². The van der Waals surface area contributed by atoms with Crippen LogP contribution < -0.4 is 20.1 Å². The molecule has 1 aromatic rings. The van der Waals surface area contributed by atoms with Gasteiger partial charge in [-0.3, -0.25) is 4.79 Å². The average Bonchev–Trinajstić information content (AvgIpc) is 2.35. The van der Waals surface area contributed by atoms with E-state index in [2.05, 4.69) is 10.6 Å². The number of hydrogen-bond donors (Lipinski definition) is 2. The standard InChI is InChI=1S/C13H18N2O3/c1-13(7-14-8-13)12(16)15-9-5-4-6-10(17-2)11(9)18-3/h4-6,14H,7-8H2,1-3H3,(H,15,16). The largest absolute Gasteiger partial charge is 0.493 e. The third kappa shape index (κ3) is 2.13. The quantitative estimate of drug-likeness (QED) is 0.844. The van der Waals surface area contributed by atoms with Crippen LogP contribution in [-0.2, 0) is 4.79 Å². The van der Waals surface area contributed by atoms with Crippen LogP contribution in [0.4, 0.5) is 5.69 Å². The molecule has 0 radical (unpaired) electrons. The van der Waals surface area contributed by atoms with E-state index in [-0.39, 0.29) is 11.3 Å².